The number of likely N-dealkylation sites (tertiary alicyclic amines) is 1. The molecule has 1 aromatic rings. The molecule has 2 N–H and O–H groups in total. The van der Waals surface area contributed by atoms with Crippen molar-refractivity contribution in [2.75, 3.05) is 6.54 Å². The molecule has 2 aliphatic rings. The van der Waals surface area contributed by atoms with Crippen LogP contribution in [0, 0.1) is 5.41 Å². The molecule has 1 aliphatic heterocycles. The number of imidazole rings is 1. The van der Waals surface area contributed by atoms with E-state index in [9.17, 15) is 9.90 Å². The minimum Gasteiger partial charge on any atom is -0.393 e. The Morgan fingerprint density at radius 2 is 2.44 bits per heavy atom. The molecule has 2 fully saturated rings. The maximum Gasteiger partial charge on any atom is 0.272 e. The zero-order valence-electron chi connectivity index (χ0n) is 10.6. The maximum atomic E-state index is 12.4. The molecule has 0 bridgehead atoms. The number of hydrogen-bond donors (Lipinski definition) is 2. The van der Waals surface area contributed by atoms with Crippen molar-refractivity contribution < 1.29 is 9.90 Å². The highest BCUT2D eigenvalue weighted by Gasteiger charge is 2.49. The number of aliphatic hydroxyl groups is 1. The number of aliphatic hydroxyl groups excluding tert-OH is 1. The van der Waals surface area contributed by atoms with Gasteiger partial charge in [0.15, 0.2) is 0 Å². The summed E-state index contributed by atoms with van der Waals surface area (Å²) in [6.07, 6.45) is 6.40. The summed E-state index contributed by atoms with van der Waals surface area (Å²) in [5, 5.41) is 9.81. The van der Waals surface area contributed by atoms with Gasteiger partial charge in [0.1, 0.15) is 5.69 Å². The molecule has 0 spiro atoms. The van der Waals surface area contributed by atoms with Crippen LogP contribution in [0.3, 0.4) is 0 Å². The third-order valence-electron chi connectivity index (χ3n) is 4.57. The number of aromatic nitrogens is 2. The Morgan fingerprint density at radius 1 is 1.61 bits per heavy atom. The number of nitrogens with zero attached hydrogens (tertiary/aromatic N) is 2. The molecule has 2 heterocycles. The number of amides is 1. The monoisotopic (exact) mass is 249 g/mol. The zero-order valence-corrected chi connectivity index (χ0v) is 10.6. The maximum absolute atomic E-state index is 12.4. The first-order valence-corrected chi connectivity index (χ1v) is 6.57. The number of H-pyrrole nitrogens is 1. The molecule has 0 unspecified atom stereocenters. The number of carbonyl (C=O) groups is 1. The lowest BCUT2D eigenvalue weighted by molar-refractivity contribution is 0.0209. The Morgan fingerprint density at radius 3 is 3.17 bits per heavy atom. The van der Waals surface area contributed by atoms with E-state index >= 15 is 0 Å². The summed E-state index contributed by atoms with van der Waals surface area (Å²) in [4.78, 5) is 21.1. The number of fused-ring (bicyclic) bond motifs is 1. The zero-order chi connectivity index (χ0) is 12.8. The number of carbonyl (C=O) groups excluding carboxylic acids is 1. The van der Waals surface area contributed by atoms with Crippen LogP contribution < -0.4 is 0 Å². The van der Waals surface area contributed by atoms with Gasteiger partial charge in [-0.1, -0.05) is 6.92 Å². The molecule has 3 rings (SSSR count). The van der Waals surface area contributed by atoms with Crippen molar-refractivity contribution in [3.63, 3.8) is 0 Å². The molecule has 3 atom stereocenters. The van der Waals surface area contributed by atoms with Crippen LogP contribution >= 0.6 is 0 Å². The minimum atomic E-state index is -0.201. The van der Waals surface area contributed by atoms with Gasteiger partial charge in [0.2, 0.25) is 0 Å². The highest BCUT2D eigenvalue weighted by Crippen LogP contribution is 2.46. The quantitative estimate of drug-likeness (QED) is 0.785. The molecule has 18 heavy (non-hydrogen) atoms. The van der Waals surface area contributed by atoms with E-state index in [4.69, 9.17) is 0 Å². The normalized spacial score (nSPS) is 35.6. The second kappa shape index (κ2) is 4.09. The van der Waals surface area contributed by atoms with Gasteiger partial charge >= 0.3 is 0 Å². The van der Waals surface area contributed by atoms with Crippen molar-refractivity contribution in [1.29, 1.82) is 0 Å². The van der Waals surface area contributed by atoms with E-state index in [1.807, 2.05) is 4.90 Å². The lowest BCUT2D eigenvalue weighted by Crippen LogP contribution is -2.46. The van der Waals surface area contributed by atoms with Crippen molar-refractivity contribution in [3.05, 3.63) is 18.2 Å². The average molecular weight is 249 g/mol. The molecular formula is C13H19N3O2. The Hall–Kier alpha value is -1.36. The van der Waals surface area contributed by atoms with E-state index in [1.54, 1.807) is 6.20 Å². The predicted molar refractivity (Wildman–Crippen MR) is 66.0 cm³/mol. The molecule has 1 amide bonds. The largest absolute Gasteiger partial charge is 0.393 e. The fourth-order valence-electron chi connectivity index (χ4n) is 3.58. The van der Waals surface area contributed by atoms with Gasteiger partial charge in [-0.25, -0.2) is 4.98 Å². The topological polar surface area (TPSA) is 69.2 Å². The van der Waals surface area contributed by atoms with E-state index in [2.05, 4.69) is 16.9 Å². The Bertz CT molecular complexity index is 445. The van der Waals surface area contributed by atoms with E-state index in [0.717, 1.165) is 32.2 Å². The van der Waals surface area contributed by atoms with Crippen molar-refractivity contribution in [2.45, 2.75) is 44.8 Å². The molecule has 1 saturated carbocycles. The highest BCUT2D eigenvalue weighted by atomic mass is 16.3. The second-order valence-corrected chi connectivity index (χ2v) is 5.82. The molecule has 98 valence electrons. The summed E-state index contributed by atoms with van der Waals surface area (Å²) in [5.74, 6) is 0.0395. The fraction of sp³-hybridized carbons (Fsp3) is 0.692. The molecule has 5 nitrogen and oxygen atoms in total. The molecular weight excluding hydrogens is 230 g/mol. The Labute approximate surface area is 106 Å². The van der Waals surface area contributed by atoms with Crippen molar-refractivity contribution in [1.82, 2.24) is 14.9 Å². The van der Waals surface area contributed by atoms with Gasteiger partial charge in [0.05, 0.1) is 18.6 Å². The molecule has 1 aliphatic carbocycles. The van der Waals surface area contributed by atoms with Gasteiger partial charge in [-0.15, -0.1) is 0 Å². The van der Waals surface area contributed by atoms with Crippen LogP contribution in [0.4, 0.5) is 0 Å². The van der Waals surface area contributed by atoms with Crippen molar-refractivity contribution in [3.8, 4) is 0 Å². The van der Waals surface area contributed by atoms with Crippen LogP contribution in [-0.2, 0) is 0 Å². The van der Waals surface area contributed by atoms with Gasteiger partial charge in [-0.3, -0.25) is 4.79 Å². The summed E-state index contributed by atoms with van der Waals surface area (Å²) >= 11 is 0. The first-order valence-electron chi connectivity index (χ1n) is 6.57. The van der Waals surface area contributed by atoms with Crippen LogP contribution in [0.15, 0.2) is 12.5 Å². The van der Waals surface area contributed by atoms with E-state index < -0.39 is 0 Å². The van der Waals surface area contributed by atoms with Crippen LogP contribution in [0.5, 0.6) is 0 Å². The highest BCUT2D eigenvalue weighted by molar-refractivity contribution is 5.92. The number of aromatic amines is 1. The molecule has 0 aromatic carbocycles. The molecule has 5 heteroatoms. The van der Waals surface area contributed by atoms with Gasteiger partial charge in [-0.05, 0) is 31.1 Å². The molecule has 0 radical (unpaired) electrons. The third kappa shape index (κ3) is 1.73. The summed E-state index contributed by atoms with van der Waals surface area (Å²) in [7, 11) is 0. The third-order valence-corrected chi connectivity index (χ3v) is 4.57. The van der Waals surface area contributed by atoms with Crippen LogP contribution in [0.25, 0.3) is 0 Å². The lowest BCUT2D eigenvalue weighted by atomic mass is 9.71. The summed E-state index contributed by atoms with van der Waals surface area (Å²) in [5.41, 5.74) is 0.637. The first-order chi connectivity index (χ1) is 8.60. The van der Waals surface area contributed by atoms with Crippen molar-refractivity contribution in [2.24, 2.45) is 5.41 Å². The van der Waals surface area contributed by atoms with Gasteiger partial charge in [0, 0.05) is 12.6 Å². The second-order valence-electron chi connectivity index (χ2n) is 5.82. The predicted octanol–water partition coefficient (Wildman–Crippen LogP) is 1.18. The SMILES string of the molecule is C[C@@]12CCN(C(=O)c3cnc[nH]3)[C@@H]1CC[C@@H](O)C2. The number of hydrogen-bond acceptors (Lipinski definition) is 3. The average Bonchev–Trinajstić information content (AvgIpc) is 2.93. The number of rotatable bonds is 1. The van der Waals surface area contributed by atoms with E-state index in [-0.39, 0.29) is 23.5 Å². The van der Waals surface area contributed by atoms with E-state index in [0.29, 0.717) is 5.69 Å². The van der Waals surface area contributed by atoms with E-state index in [1.165, 1.54) is 6.33 Å². The number of nitrogens with one attached hydrogen (secondary N) is 1. The lowest BCUT2D eigenvalue weighted by Gasteiger charge is -2.41. The van der Waals surface area contributed by atoms with Crippen LogP contribution in [0.2, 0.25) is 0 Å². The minimum absolute atomic E-state index is 0.0395. The van der Waals surface area contributed by atoms with Gasteiger partial charge in [-0.2, -0.15) is 0 Å². The molecule has 1 aromatic heterocycles. The Kier molecular flexibility index (Phi) is 2.66. The summed E-state index contributed by atoms with van der Waals surface area (Å²) < 4.78 is 0. The van der Waals surface area contributed by atoms with Crippen LogP contribution in [0.1, 0.15) is 43.1 Å². The fourth-order valence-corrected chi connectivity index (χ4v) is 3.58. The molecule has 1 saturated heterocycles. The summed E-state index contributed by atoms with van der Waals surface area (Å²) in [6, 6.07) is 0.261. The Balaban J connectivity index is 1.82. The first kappa shape index (κ1) is 11.7. The summed E-state index contributed by atoms with van der Waals surface area (Å²) in [6.45, 7) is 2.98. The van der Waals surface area contributed by atoms with Crippen molar-refractivity contribution >= 4 is 5.91 Å². The van der Waals surface area contributed by atoms with Gasteiger partial charge in [0.25, 0.3) is 5.91 Å². The standard InChI is InChI=1S/C13H19N3O2/c1-13-4-5-16(11(13)3-2-9(17)6-13)12(18)10-7-14-8-15-10/h7-9,11,17H,2-6H2,1H3,(H,14,15)/t9-,11-,13+/m1/s1. The van der Waals surface area contributed by atoms with Gasteiger partial charge < -0.3 is 15.0 Å². The van der Waals surface area contributed by atoms with Crippen LogP contribution in [-0.4, -0.2) is 44.6 Å². The smallest absolute Gasteiger partial charge is 0.272 e.